The second-order valence-electron chi connectivity index (χ2n) is 6.56. The van der Waals surface area contributed by atoms with Crippen molar-refractivity contribution in [3.8, 4) is 0 Å². The SMILES string of the molecule is CCCn1nc(C(=O)Nc2ccc(C(C)(C)C)cc2)ccc1=O. The molecule has 0 aliphatic heterocycles. The first-order chi connectivity index (χ1) is 10.8. The summed E-state index contributed by atoms with van der Waals surface area (Å²) in [5, 5.41) is 6.92. The monoisotopic (exact) mass is 313 g/mol. The van der Waals surface area contributed by atoms with Crippen molar-refractivity contribution in [3.05, 3.63) is 58.0 Å². The number of nitrogens with zero attached hydrogens (tertiary/aromatic N) is 2. The molecule has 0 saturated carbocycles. The summed E-state index contributed by atoms with van der Waals surface area (Å²) < 4.78 is 1.32. The summed E-state index contributed by atoms with van der Waals surface area (Å²) in [6.07, 6.45) is 0.784. The third kappa shape index (κ3) is 4.28. The molecule has 5 nitrogen and oxygen atoms in total. The maximum absolute atomic E-state index is 12.3. The van der Waals surface area contributed by atoms with E-state index in [1.807, 2.05) is 31.2 Å². The standard InChI is InChI=1S/C18H23N3O2/c1-5-12-21-16(22)11-10-15(20-21)17(23)19-14-8-6-13(7-9-14)18(2,3)4/h6-11H,5,12H2,1-4H3,(H,19,23). The van der Waals surface area contributed by atoms with Gasteiger partial charge in [0.2, 0.25) is 0 Å². The summed E-state index contributed by atoms with van der Waals surface area (Å²) >= 11 is 0. The quantitative estimate of drug-likeness (QED) is 0.942. The molecular weight excluding hydrogens is 290 g/mol. The lowest BCUT2D eigenvalue weighted by molar-refractivity contribution is 0.102. The number of nitrogens with one attached hydrogen (secondary N) is 1. The van der Waals surface area contributed by atoms with E-state index in [9.17, 15) is 9.59 Å². The minimum atomic E-state index is -0.321. The Morgan fingerprint density at radius 2 is 1.78 bits per heavy atom. The number of carbonyl (C=O) groups is 1. The minimum Gasteiger partial charge on any atom is -0.321 e. The minimum absolute atomic E-state index is 0.0692. The van der Waals surface area contributed by atoms with Crippen LogP contribution in [0.5, 0.6) is 0 Å². The molecule has 0 saturated heterocycles. The highest BCUT2D eigenvalue weighted by molar-refractivity contribution is 6.02. The molecule has 0 unspecified atom stereocenters. The van der Waals surface area contributed by atoms with E-state index in [4.69, 9.17) is 0 Å². The Morgan fingerprint density at radius 1 is 1.13 bits per heavy atom. The molecule has 122 valence electrons. The normalized spacial score (nSPS) is 11.3. The van der Waals surface area contributed by atoms with E-state index in [1.165, 1.54) is 22.4 Å². The average molecular weight is 313 g/mol. The van der Waals surface area contributed by atoms with Gasteiger partial charge in [0.05, 0.1) is 0 Å². The number of aromatic nitrogens is 2. The highest BCUT2D eigenvalue weighted by Gasteiger charge is 2.14. The number of anilines is 1. The zero-order valence-electron chi connectivity index (χ0n) is 14.1. The fourth-order valence-electron chi connectivity index (χ4n) is 2.19. The first kappa shape index (κ1) is 16.9. The molecule has 23 heavy (non-hydrogen) atoms. The number of carbonyl (C=O) groups excluding carboxylic acids is 1. The van der Waals surface area contributed by atoms with E-state index in [0.29, 0.717) is 12.2 Å². The summed E-state index contributed by atoms with van der Waals surface area (Å²) in [7, 11) is 0. The van der Waals surface area contributed by atoms with E-state index in [-0.39, 0.29) is 22.6 Å². The van der Waals surface area contributed by atoms with Crippen LogP contribution >= 0.6 is 0 Å². The summed E-state index contributed by atoms with van der Waals surface area (Å²) in [4.78, 5) is 23.9. The van der Waals surface area contributed by atoms with Crippen LogP contribution in [0.2, 0.25) is 0 Å². The van der Waals surface area contributed by atoms with Crippen molar-refractivity contribution in [3.63, 3.8) is 0 Å². The van der Waals surface area contributed by atoms with Crippen LogP contribution in [0.25, 0.3) is 0 Å². The first-order valence-corrected chi connectivity index (χ1v) is 7.81. The molecule has 0 radical (unpaired) electrons. The number of hydrogen-bond donors (Lipinski definition) is 1. The molecule has 1 aromatic heterocycles. The molecule has 1 heterocycles. The van der Waals surface area contributed by atoms with E-state index in [2.05, 4.69) is 31.2 Å². The first-order valence-electron chi connectivity index (χ1n) is 7.81. The molecule has 0 bridgehead atoms. The highest BCUT2D eigenvalue weighted by Crippen LogP contribution is 2.23. The molecule has 0 aliphatic carbocycles. The van der Waals surface area contributed by atoms with Gasteiger partial charge in [-0.05, 0) is 35.6 Å². The van der Waals surface area contributed by atoms with Crippen molar-refractivity contribution in [2.24, 2.45) is 0 Å². The van der Waals surface area contributed by atoms with Crippen molar-refractivity contribution in [2.75, 3.05) is 5.32 Å². The summed E-state index contributed by atoms with van der Waals surface area (Å²) in [5.41, 5.74) is 2.01. The summed E-state index contributed by atoms with van der Waals surface area (Å²) in [6, 6.07) is 10.6. The lowest BCUT2D eigenvalue weighted by atomic mass is 9.87. The van der Waals surface area contributed by atoms with Crippen LogP contribution in [0.3, 0.4) is 0 Å². The number of rotatable bonds is 4. The van der Waals surface area contributed by atoms with Crippen molar-refractivity contribution in [1.82, 2.24) is 9.78 Å². The van der Waals surface area contributed by atoms with Gasteiger partial charge in [0.25, 0.3) is 11.5 Å². The number of hydrogen-bond acceptors (Lipinski definition) is 3. The van der Waals surface area contributed by atoms with Crippen LogP contribution < -0.4 is 10.9 Å². The maximum Gasteiger partial charge on any atom is 0.276 e. The molecular formula is C18H23N3O2. The molecule has 1 aromatic carbocycles. The Labute approximate surface area is 136 Å². The molecule has 2 rings (SSSR count). The highest BCUT2D eigenvalue weighted by atomic mass is 16.2. The fourth-order valence-corrected chi connectivity index (χ4v) is 2.19. The van der Waals surface area contributed by atoms with Crippen LogP contribution in [-0.4, -0.2) is 15.7 Å². The predicted octanol–water partition coefficient (Wildman–Crippen LogP) is 3.20. The van der Waals surface area contributed by atoms with Crippen LogP contribution in [-0.2, 0) is 12.0 Å². The predicted molar refractivity (Wildman–Crippen MR) is 91.9 cm³/mol. The zero-order valence-corrected chi connectivity index (χ0v) is 14.1. The summed E-state index contributed by atoms with van der Waals surface area (Å²) in [5.74, 6) is -0.321. The molecule has 0 fully saturated rings. The maximum atomic E-state index is 12.3. The lowest BCUT2D eigenvalue weighted by Gasteiger charge is -2.19. The Hall–Kier alpha value is -2.43. The second-order valence-corrected chi connectivity index (χ2v) is 6.56. The van der Waals surface area contributed by atoms with Crippen LogP contribution in [0.1, 0.15) is 50.2 Å². The van der Waals surface area contributed by atoms with Crippen molar-refractivity contribution in [2.45, 2.75) is 46.1 Å². The third-order valence-corrected chi connectivity index (χ3v) is 3.54. The van der Waals surface area contributed by atoms with Crippen LogP contribution in [0.4, 0.5) is 5.69 Å². The summed E-state index contributed by atoms with van der Waals surface area (Å²) in [6.45, 7) is 8.88. The van der Waals surface area contributed by atoms with E-state index < -0.39 is 0 Å². The molecule has 0 atom stereocenters. The Kier molecular flexibility index (Phi) is 4.98. The molecule has 0 aliphatic rings. The van der Waals surface area contributed by atoms with Gasteiger partial charge in [-0.2, -0.15) is 5.10 Å². The van der Waals surface area contributed by atoms with Gasteiger partial charge in [0.1, 0.15) is 5.69 Å². The molecule has 1 amide bonds. The van der Waals surface area contributed by atoms with Gasteiger partial charge in [-0.15, -0.1) is 0 Å². The van der Waals surface area contributed by atoms with E-state index >= 15 is 0 Å². The number of benzene rings is 1. The fraction of sp³-hybridized carbons (Fsp3) is 0.389. The van der Waals surface area contributed by atoms with E-state index in [0.717, 1.165) is 6.42 Å². The Morgan fingerprint density at radius 3 is 2.35 bits per heavy atom. The van der Waals surface area contributed by atoms with E-state index in [1.54, 1.807) is 0 Å². The molecule has 2 aromatic rings. The number of aryl methyl sites for hydroxylation is 1. The molecule has 5 heteroatoms. The van der Waals surface area contributed by atoms with Crippen LogP contribution in [0, 0.1) is 0 Å². The van der Waals surface area contributed by atoms with Crippen molar-refractivity contribution in [1.29, 1.82) is 0 Å². The average Bonchev–Trinajstić information content (AvgIpc) is 2.49. The van der Waals surface area contributed by atoms with Gasteiger partial charge < -0.3 is 5.32 Å². The largest absolute Gasteiger partial charge is 0.321 e. The van der Waals surface area contributed by atoms with Crippen LogP contribution in [0.15, 0.2) is 41.2 Å². The second kappa shape index (κ2) is 6.77. The lowest BCUT2D eigenvalue weighted by Crippen LogP contribution is -2.26. The number of amides is 1. The van der Waals surface area contributed by atoms with Gasteiger partial charge in [-0.3, -0.25) is 9.59 Å². The molecule has 1 N–H and O–H groups in total. The third-order valence-electron chi connectivity index (χ3n) is 3.54. The topological polar surface area (TPSA) is 64.0 Å². The molecule has 0 spiro atoms. The Bertz CT molecular complexity index is 740. The van der Waals surface area contributed by atoms with Crippen molar-refractivity contribution < 1.29 is 4.79 Å². The Balaban J connectivity index is 2.16. The van der Waals surface area contributed by atoms with Gasteiger partial charge in [-0.25, -0.2) is 4.68 Å². The van der Waals surface area contributed by atoms with Crippen molar-refractivity contribution >= 4 is 11.6 Å². The van der Waals surface area contributed by atoms with Gasteiger partial charge in [0.15, 0.2) is 0 Å². The van der Waals surface area contributed by atoms with Gasteiger partial charge >= 0.3 is 0 Å². The smallest absolute Gasteiger partial charge is 0.276 e. The van der Waals surface area contributed by atoms with Gasteiger partial charge in [0, 0.05) is 18.3 Å². The zero-order chi connectivity index (χ0) is 17.0. The van der Waals surface area contributed by atoms with Gasteiger partial charge in [-0.1, -0.05) is 39.8 Å².